The van der Waals surface area contributed by atoms with Crippen LogP contribution in [0.15, 0.2) is 0 Å². The van der Waals surface area contributed by atoms with Gasteiger partial charge in [0, 0.05) is 19.4 Å². The Bertz CT molecular complexity index is 144. The molecule has 12 heavy (non-hydrogen) atoms. The Kier molecular flexibility index (Phi) is 6.28. The topological polar surface area (TPSA) is 74.6 Å². The average molecular weight is 174 g/mol. The van der Waals surface area contributed by atoms with Crippen molar-refractivity contribution in [2.45, 2.75) is 25.7 Å². The summed E-state index contributed by atoms with van der Waals surface area (Å²) < 4.78 is 0. The first kappa shape index (κ1) is 11.1. The van der Waals surface area contributed by atoms with Crippen LogP contribution in [-0.2, 0) is 9.59 Å². The lowest BCUT2D eigenvalue weighted by Gasteiger charge is -2.09. The maximum absolute atomic E-state index is 10.3. The molecule has 0 aliphatic rings. The van der Waals surface area contributed by atoms with E-state index in [1.807, 2.05) is 0 Å². The molecule has 2 N–H and O–H groups in total. The van der Waals surface area contributed by atoms with Crippen molar-refractivity contribution in [3.63, 3.8) is 0 Å². The predicted octanol–water partition coefficient (Wildman–Crippen LogP) is 0.439. The predicted molar refractivity (Wildman–Crippen MR) is 42.7 cm³/mol. The van der Waals surface area contributed by atoms with Crippen LogP contribution in [0.25, 0.3) is 0 Å². The number of aliphatic hydroxyl groups excluding tert-OH is 1. The van der Waals surface area contributed by atoms with Crippen LogP contribution in [0.4, 0.5) is 0 Å². The van der Waals surface area contributed by atoms with Crippen molar-refractivity contribution in [2.24, 2.45) is 5.92 Å². The molecule has 4 heteroatoms. The Morgan fingerprint density at radius 3 is 2.58 bits per heavy atom. The zero-order valence-corrected chi connectivity index (χ0v) is 6.90. The number of aldehydes is 1. The number of carboxylic acids is 1. The summed E-state index contributed by atoms with van der Waals surface area (Å²) in [4.78, 5) is 20.4. The van der Waals surface area contributed by atoms with E-state index in [1.54, 1.807) is 0 Å². The van der Waals surface area contributed by atoms with Crippen LogP contribution in [0.5, 0.6) is 0 Å². The van der Waals surface area contributed by atoms with Gasteiger partial charge in [-0.25, -0.2) is 0 Å². The standard InChI is InChI=1S/C8H14O4/c9-4-1-2-7(3-5-10)6-8(11)12/h5,7,9H,1-4,6H2,(H,11,12). The molecule has 0 aromatic heterocycles. The minimum absolute atomic E-state index is 0.0126. The van der Waals surface area contributed by atoms with Crippen LogP contribution in [-0.4, -0.2) is 29.1 Å². The molecule has 0 spiro atoms. The number of carbonyl (C=O) groups is 2. The molecule has 70 valence electrons. The van der Waals surface area contributed by atoms with Gasteiger partial charge in [0.15, 0.2) is 0 Å². The van der Waals surface area contributed by atoms with Crippen molar-refractivity contribution in [1.29, 1.82) is 0 Å². The molecule has 0 bridgehead atoms. The minimum atomic E-state index is -0.889. The summed E-state index contributed by atoms with van der Waals surface area (Å²) in [5.41, 5.74) is 0. The zero-order chi connectivity index (χ0) is 9.40. The van der Waals surface area contributed by atoms with Crippen molar-refractivity contribution < 1.29 is 19.8 Å². The van der Waals surface area contributed by atoms with Crippen molar-refractivity contribution >= 4 is 12.3 Å². The highest BCUT2D eigenvalue weighted by molar-refractivity contribution is 5.67. The van der Waals surface area contributed by atoms with Gasteiger partial charge in [0.05, 0.1) is 0 Å². The number of aliphatic hydroxyl groups is 1. The Balaban J connectivity index is 3.68. The Morgan fingerprint density at radius 2 is 2.17 bits per heavy atom. The second-order valence-corrected chi connectivity index (χ2v) is 2.73. The molecule has 0 aromatic rings. The van der Waals surface area contributed by atoms with Gasteiger partial charge >= 0.3 is 5.97 Å². The number of hydrogen-bond acceptors (Lipinski definition) is 3. The van der Waals surface area contributed by atoms with Gasteiger partial charge in [-0.05, 0) is 18.8 Å². The number of carboxylic acid groups (broad SMARTS) is 1. The Labute approximate surface area is 71.2 Å². The lowest BCUT2D eigenvalue weighted by atomic mass is 9.97. The highest BCUT2D eigenvalue weighted by Gasteiger charge is 2.11. The molecule has 0 saturated heterocycles. The summed E-state index contributed by atoms with van der Waals surface area (Å²) in [6, 6.07) is 0. The summed E-state index contributed by atoms with van der Waals surface area (Å²) in [6.07, 6.45) is 2.17. The number of aliphatic carboxylic acids is 1. The SMILES string of the molecule is O=CCC(CCCO)CC(=O)O. The molecular weight excluding hydrogens is 160 g/mol. The highest BCUT2D eigenvalue weighted by atomic mass is 16.4. The fourth-order valence-corrected chi connectivity index (χ4v) is 1.07. The highest BCUT2D eigenvalue weighted by Crippen LogP contribution is 2.13. The second kappa shape index (κ2) is 6.79. The summed E-state index contributed by atoms with van der Waals surface area (Å²) in [5.74, 6) is -1.01. The van der Waals surface area contributed by atoms with Crippen molar-refractivity contribution in [2.75, 3.05) is 6.61 Å². The number of hydrogen-bond donors (Lipinski definition) is 2. The molecule has 0 fully saturated rings. The van der Waals surface area contributed by atoms with Crippen molar-refractivity contribution in [1.82, 2.24) is 0 Å². The summed E-state index contributed by atoms with van der Waals surface area (Å²) in [6.45, 7) is 0.0506. The van der Waals surface area contributed by atoms with Crippen LogP contribution in [0.3, 0.4) is 0 Å². The van der Waals surface area contributed by atoms with E-state index in [4.69, 9.17) is 10.2 Å². The first-order valence-corrected chi connectivity index (χ1v) is 3.97. The summed E-state index contributed by atoms with van der Waals surface area (Å²) in [5, 5.41) is 16.9. The van der Waals surface area contributed by atoms with Crippen LogP contribution < -0.4 is 0 Å². The van der Waals surface area contributed by atoms with Gasteiger partial charge in [0.1, 0.15) is 6.29 Å². The quantitative estimate of drug-likeness (QED) is 0.549. The fourth-order valence-electron chi connectivity index (χ4n) is 1.07. The van der Waals surface area contributed by atoms with Crippen molar-refractivity contribution in [3.05, 3.63) is 0 Å². The normalized spacial score (nSPS) is 12.4. The molecular formula is C8H14O4. The fraction of sp³-hybridized carbons (Fsp3) is 0.750. The summed E-state index contributed by atoms with van der Waals surface area (Å²) in [7, 11) is 0. The van der Waals surface area contributed by atoms with Gasteiger partial charge in [0.2, 0.25) is 0 Å². The zero-order valence-electron chi connectivity index (χ0n) is 6.90. The molecule has 0 rings (SSSR count). The third kappa shape index (κ3) is 5.85. The van der Waals surface area contributed by atoms with E-state index in [-0.39, 0.29) is 25.4 Å². The monoisotopic (exact) mass is 174 g/mol. The maximum atomic E-state index is 10.3. The number of carbonyl (C=O) groups excluding carboxylic acids is 1. The van der Waals surface area contributed by atoms with E-state index in [9.17, 15) is 9.59 Å². The van der Waals surface area contributed by atoms with Gasteiger partial charge < -0.3 is 15.0 Å². The smallest absolute Gasteiger partial charge is 0.303 e. The van der Waals surface area contributed by atoms with Gasteiger partial charge in [-0.3, -0.25) is 4.79 Å². The van der Waals surface area contributed by atoms with Crippen LogP contribution in [0.1, 0.15) is 25.7 Å². The average Bonchev–Trinajstić information content (AvgIpc) is 2.00. The van der Waals surface area contributed by atoms with Gasteiger partial charge in [0.25, 0.3) is 0 Å². The van der Waals surface area contributed by atoms with Crippen molar-refractivity contribution in [3.8, 4) is 0 Å². The van der Waals surface area contributed by atoms with E-state index in [0.717, 1.165) is 6.29 Å². The molecule has 0 radical (unpaired) electrons. The Hall–Kier alpha value is -0.900. The largest absolute Gasteiger partial charge is 0.481 e. The number of rotatable bonds is 7. The first-order valence-electron chi connectivity index (χ1n) is 3.97. The first-order chi connectivity index (χ1) is 5.70. The molecule has 0 aromatic carbocycles. The molecule has 1 atom stereocenters. The lowest BCUT2D eigenvalue weighted by molar-refractivity contribution is -0.138. The van der Waals surface area contributed by atoms with Gasteiger partial charge in [-0.15, -0.1) is 0 Å². The third-order valence-corrected chi connectivity index (χ3v) is 1.66. The molecule has 0 aliphatic heterocycles. The molecule has 0 aliphatic carbocycles. The van der Waals surface area contributed by atoms with E-state index in [0.29, 0.717) is 12.8 Å². The van der Waals surface area contributed by atoms with E-state index in [2.05, 4.69) is 0 Å². The minimum Gasteiger partial charge on any atom is -0.481 e. The second-order valence-electron chi connectivity index (χ2n) is 2.73. The molecule has 0 heterocycles. The van der Waals surface area contributed by atoms with E-state index in [1.165, 1.54) is 0 Å². The van der Waals surface area contributed by atoms with Gasteiger partial charge in [-0.2, -0.15) is 0 Å². The molecule has 4 nitrogen and oxygen atoms in total. The van der Waals surface area contributed by atoms with Crippen LogP contribution in [0.2, 0.25) is 0 Å². The molecule has 1 unspecified atom stereocenters. The van der Waals surface area contributed by atoms with Gasteiger partial charge in [-0.1, -0.05) is 0 Å². The molecule has 0 amide bonds. The van der Waals surface area contributed by atoms with E-state index < -0.39 is 5.97 Å². The Morgan fingerprint density at radius 1 is 1.50 bits per heavy atom. The van der Waals surface area contributed by atoms with E-state index >= 15 is 0 Å². The molecule has 0 saturated carbocycles. The third-order valence-electron chi connectivity index (χ3n) is 1.66. The summed E-state index contributed by atoms with van der Waals surface area (Å²) >= 11 is 0. The lowest BCUT2D eigenvalue weighted by Crippen LogP contribution is -2.09. The van der Waals surface area contributed by atoms with Crippen LogP contribution >= 0.6 is 0 Å². The maximum Gasteiger partial charge on any atom is 0.303 e. The van der Waals surface area contributed by atoms with Crippen LogP contribution in [0, 0.1) is 5.92 Å².